The third-order valence-corrected chi connectivity index (χ3v) is 5.67. The van der Waals surface area contributed by atoms with E-state index in [0.717, 1.165) is 56.0 Å². The fraction of sp³-hybridized carbons (Fsp3) is 0. The Hall–Kier alpha value is -4.84. The van der Waals surface area contributed by atoms with Gasteiger partial charge in [0, 0.05) is 34.9 Å². The molecule has 162 valence electrons. The molecule has 4 aromatic carbocycles. The lowest BCUT2D eigenvalue weighted by Crippen LogP contribution is -2.01. The molecule has 0 unspecified atom stereocenters. The highest BCUT2D eigenvalue weighted by Gasteiger charge is 2.18. The average Bonchev–Trinajstić information content (AvgIpc) is 2.90. The van der Waals surface area contributed by atoms with E-state index in [9.17, 15) is 0 Å². The topological polar surface area (TPSA) is 89.6 Å². The van der Waals surface area contributed by atoms with Crippen LogP contribution in [0.4, 0.5) is 17.1 Å². The van der Waals surface area contributed by atoms with E-state index in [1.54, 1.807) is 12.4 Å². The molecule has 0 aliphatic carbocycles. The summed E-state index contributed by atoms with van der Waals surface area (Å²) in [5.74, 6) is 0. The van der Waals surface area contributed by atoms with E-state index in [-0.39, 0.29) is 0 Å². The average molecular weight is 441 g/mol. The third kappa shape index (κ3) is 3.57. The maximum Gasteiger partial charge on any atom is 0.115 e. The van der Waals surface area contributed by atoms with Crippen LogP contribution in [0.5, 0.6) is 0 Å². The first-order valence-electron chi connectivity index (χ1n) is 11.0. The zero-order valence-electron chi connectivity index (χ0n) is 18.2. The molecule has 34 heavy (non-hydrogen) atoms. The third-order valence-electron chi connectivity index (χ3n) is 5.67. The summed E-state index contributed by atoms with van der Waals surface area (Å²) in [5.41, 5.74) is 14.8. The number of nitrogens with one attached hydrogen (secondary N) is 1. The molecule has 0 bridgehead atoms. The maximum atomic E-state index is 5.88. The highest BCUT2D eigenvalue weighted by atomic mass is 15.0. The van der Waals surface area contributed by atoms with Gasteiger partial charge in [-0.3, -0.25) is 9.97 Å². The Morgan fingerprint density at radius 2 is 1.21 bits per heavy atom. The second kappa shape index (κ2) is 8.26. The summed E-state index contributed by atoms with van der Waals surface area (Å²) in [7, 11) is 0. The van der Waals surface area contributed by atoms with Crippen molar-refractivity contribution in [1.29, 1.82) is 0 Å². The lowest BCUT2D eigenvalue weighted by molar-refractivity contribution is 1.27. The van der Waals surface area contributed by atoms with Gasteiger partial charge in [-0.1, -0.05) is 60.7 Å². The minimum atomic E-state index is 0.701. The molecule has 0 aliphatic rings. The highest BCUT2D eigenvalue weighted by Crippen LogP contribution is 2.36. The predicted molar refractivity (Wildman–Crippen MR) is 138 cm³/mol. The van der Waals surface area contributed by atoms with Crippen molar-refractivity contribution in [3.63, 3.8) is 0 Å². The number of anilines is 3. The number of benzene rings is 4. The monoisotopic (exact) mass is 440 g/mol. The Morgan fingerprint density at radius 3 is 1.88 bits per heavy atom. The van der Waals surface area contributed by atoms with Crippen molar-refractivity contribution < 1.29 is 0 Å². The summed E-state index contributed by atoms with van der Waals surface area (Å²) < 4.78 is 0. The molecule has 0 saturated carbocycles. The lowest BCUT2D eigenvalue weighted by atomic mass is 10.0. The van der Waals surface area contributed by atoms with Crippen LogP contribution in [0.1, 0.15) is 0 Å². The van der Waals surface area contributed by atoms with E-state index in [1.165, 1.54) is 0 Å². The normalized spacial score (nSPS) is 11.1. The molecule has 0 atom stereocenters. The number of rotatable bonds is 4. The van der Waals surface area contributed by atoms with Crippen LogP contribution in [0.2, 0.25) is 0 Å². The summed E-state index contributed by atoms with van der Waals surface area (Å²) in [5, 5.41) is 3.49. The smallest absolute Gasteiger partial charge is 0.115 e. The van der Waals surface area contributed by atoms with Gasteiger partial charge in [-0.2, -0.15) is 0 Å². The number of hydrogen-bond acceptors (Lipinski definition) is 6. The van der Waals surface area contributed by atoms with E-state index in [4.69, 9.17) is 15.7 Å². The van der Waals surface area contributed by atoms with Crippen molar-refractivity contribution in [3.05, 3.63) is 103 Å². The molecule has 2 heterocycles. The first-order chi connectivity index (χ1) is 16.8. The molecule has 0 amide bonds. The van der Waals surface area contributed by atoms with E-state index in [1.807, 2.05) is 66.7 Å². The SMILES string of the molecule is Nc1ccc(Nc2c3nccnc3cc3nc(-c4ccccc4)c(-c4ccccc4)nc23)cc1. The molecule has 6 rings (SSSR count). The number of fused-ring (bicyclic) bond motifs is 2. The summed E-state index contributed by atoms with van der Waals surface area (Å²) in [6.07, 6.45) is 3.37. The van der Waals surface area contributed by atoms with Gasteiger partial charge in [0.1, 0.15) is 11.0 Å². The first-order valence-corrected chi connectivity index (χ1v) is 11.0. The van der Waals surface area contributed by atoms with Crippen LogP contribution in [0.3, 0.4) is 0 Å². The summed E-state index contributed by atoms with van der Waals surface area (Å²) in [6, 6.07) is 29.8. The van der Waals surface area contributed by atoms with Crippen molar-refractivity contribution >= 4 is 39.1 Å². The van der Waals surface area contributed by atoms with Gasteiger partial charge in [0.05, 0.1) is 28.1 Å². The Balaban J connectivity index is 1.67. The number of aromatic nitrogens is 4. The van der Waals surface area contributed by atoms with Crippen molar-refractivity contribution in [3.8, 4) is 22.5 Å². The molecular weight excluding hydrogens is 420 g/mol. The highest BCUT2D eigenvalue weighted by molar-refractivity contribution is 6.07. The van der Waals surface area contributed by atoms with Gasteiger partial charge in [0.2, 0.25) is 0 Å². The van der Waals surface area contributed by atoms with Crippen LogP contribution >= 0.6 is 0 Å². The van der Waals surface area contributed by atoms with Gasteiger partial charge in [0.15, 0.2) is 0 Å². The fourth-order valence-electron chi connectivity index (χ4n) is 4.05. The van der Waals surface area contributed by atoms with Gasteiger partial charge >= 0.3 is 0 Å². The molecule has 0 aliphatic heterocycles. The quantitative estimate of drug-likeness (QED) is 0.249. The van der Waals surface area contributed by atoms with Gasteiger partial charge in [-0.05, 0) is 30.3 Å². The van der Waals surface area contributed by atoms with Crippen molar-refractivity contribution in [2.45, 2.75) is 0 Å². The Labute approximate surface area is 196 Å². The lowest BCUT2D eigenvalue weighted by Gasteiger charge is -2.15. The molecule has 3 N–H and O–H groups in total. The molecule has 6 aromatic rings. The van der Waals surface area contributed by atoms with Crippen molar-refractivity contribution in [2.75, 3.05) is 11.1 Å². The Morgan fingerprint density at radius 1 is 0.588 bits per heavy atom. The zero-order chi connectivity index (χ0) is 22.9. The fourth-order valence-corrected chi connectivity index (χ4v) is 4.05. The van der Waals surface area contributed by atoms with Crippen molar-refractivity contribution in [1.82, 2.24) is 19.9 Å². The summed E-state index contributed by atoms with van der Waals surface area (Å²) in [6.45, 7) is 0. The molecule has 6 nitrogen and oxygen atoms in total. The second-order valence-corrected chi connectivity index (χ2v) is 7.94. The van der Waals surface area contributed by atoms with E-state index < -0.39 is 0 Å². The van der Waals surface area contributed by atoms with Crippen LogP contribution in [0.15, 0.2) is 103 Å². The van der Waals surface area contributed by atoms with Crippen LogP contribution in [0, 0.1) is 0 Å². The molecule has 2 aromatic heterocycles. The molecular formula is C28H20N6. The molecule has 0 saturated heterocycles. The Kier molecular flexibility index (Phi) is 4.81. The van der Waals surface area contributed by atoms with Gasteiger partial charge in [-0.25, -0.2) is 9.97 Å². The number of nitrogens with zero attached hydrogens (tertiary/aromatic N) is 4. The minimum absolute atomic E-state index is 0.701. The van der Waals surface area contributed by atoms with E-state index in [0.29, 0.717) is 5.69 Å². The molecule has 6 heteroatoms. The predicted octanol–water partition coefficient (Wildman–Crippen LogP) is 6.23. The largest absolute Gasteiger partial charge is 0.399 e. The first kappa shape index (κ1) is 19.8. The summed E-state index contributed by atoms with van der Waals surface area (Å²) >= 11 is 0. The summed E-state index contributed by atoms with van der Waals surface area (Å²) in [4.78, 5) is 19.4. The van der Waals surface area contributed by atoms with Crippen molar-refractivity contribution in [2.24, 2.45) is 0 Å². The molecule has 0 radical (unpaired) electrons. The zero-order valence-corrected chi connectivity index (χ0v) is 18.2. The number of nitrogen functional groups attached to an aromatic ring is 1. The molecule has 0 fully saturated rings. The number of hydrogen-bond donors (Lipinski definition) is 2. The van der Waals surface area contributed by atoms with Crippen LogP contribution in [0.25, 0.3) is 44.6 Å². The van der Waals surface area contributed by atoms with Crippen LogP contribution < -0.4 is 11.1 Å². The van der Waals surface area contributed by atoms with E-state index >= 15 is 0 Å². The minimum Gasteiger partial charge on any atom is -0.399 e. The Bertz CT molecular complexity index is 1610. The maximum absolute atomic E-state index is 5.88. The van der Waals surface area contributed by atoms with Crippen LogP contribution in [-0.4, -0.2) is 19.9 Å². The van der Waals surface area contributed by atoms with Gasteiger partial charge in [0.25, 0.3) is 0 Å². The van der Waals surface area contributed by atoms with Gasteiger partial charge in [-0.15, -0.1) is 0 Å². The van der Waals surface area contributed by atoms with Crippen LogP contribution in [-0.2, 0) is 0 Å². The molecule has 0 spiro atoms. The number of nitrogens with two attached hydrogens (primary N) is 1. The second-order valence-electron chi connectivity index (χ2n) is 7.94. The standard InChI is InChI=1S/C28H20N6/c29-20-11-13-21(14-12-20)32-28-26-22(30-15-16-31-26)17-23-27(28)34-25(19-9-5-2-6-10-19)24(33-23)18-7-3-1-4-8-18/h1-17,32H,29H2. The van der Waals surface area contributed by atoms with Gasteiger partial charge < -0.3 is 11.1 Å². The van der Waals surface area contributed by atoms with E-state index in [2.05, 4.69) is 39.6 Å².